The number of amides is 1. The number of nitrogens with one attached hydrogen (secondary N) is 1. The number of ether oxygens (including phenoxy) is 2. The van der Waals surface area contributed by atoms with E-state index in [4.69, 9.17) is 9.47 Å². The summed E-state index contributed by atoms with van der Waals surface area (Å²) in [6.07, 6.45) is 0. The van der Waals surface area contributed by atoms with E-state index in [0.29, 0.717) is 21.7 Å². The molecule has 1 N–H and O–H groups in total. The molecule has 2 rings (SSSR count). The number of methoxy groups -OCH3 is 2. The van der Waals surface area contributed by atoms with Gasteiger partial charge in [0.05, 0.1) is 14.2 Å². The molecule has 0 saturated carbocycles. The zero-order chi connectivity index (χ0) is 16.3. The predicted molar refractivity (Wildman–Crippen MR) is 86.3 cm³/mol. The molecule has 22 heavy (non-hydrogen) atoms. The van der Waals surface area contributed by atoms with Crippen molar-refractivity contribution >= 4 is 27.5 Å². The highest BCUT2D eigenvalue weighted by Crippen LogP contribution is 2.33. The second kappa shape index (κ2) is 6.79. The number of rotatable bonds is 4. The first-order valence-corrected chi connectivity index (χ1v) is 7.24. The molecule has 0 aliphatic rings. The Hall–Kier alpha value is -2.08. The minimum absolute atomic E-state index is 0.223. The summed E-state index contributed by atoms with van der Waals surface area (Å²) in [6.45, 7) is 1.83. The van der Waals surface area contributed by atoms with Gasteiger partial charge in [-0.3, -0.25) is 4.79 Å². The SMILES string of the molecule is COc1cc(C)c(NC(=O)c2cc(F)cc(Br)c2)cc1OC. The zero-order valence-corrected chi connectivity index (χ0v) is 14.0. The quantitative estimate of drug-likeness (QED) is 0.882. The molecule has 0 saturated heterocycles. The van der Waals surface area contributed by atoms with Crippen LogP contribution in [0.5, 0.6) is 11.5 Å². The molecule has 116 valence electrons. The van der Waals surface area contributed by atoms with E-state index in [0.717, 1.165) is 5.56 Å². The molecule has 0 fully saturated rings. The number of aryl methyl sites for hydroxylation is 1. The maximum atomic E-state index is 13.4. The van der Waals surface area contributed by atoms with Gasteiger partial charge in [-0.05, 0) is 36.8 Å². The fourth-order valence-electron chi connectivity index (χ4n) is 1.99. The van der Waals surface area contributed by atoms with Crippen molar-refractivity contribution in [3.8, 4) is 11.5 Å². The minimum atomic E-state index is -0.483. The molecule has 1 amide bonds. The predicted octanol–water partition coefficient (Wildman–Crippen LogP) is 4.17. The Morgan fingerprint density at radius 1 is 1.09 bits per heavy atom. The lowest BCUT2D eigenvalue weighted by Gasteiger charge is -2.13. The average molecular weight is 368 g/mol. The zero-order valence-electron chi connectivity index (χ0n) is 12.4. The van der Waals surface area contributed by atoms with Crippen LogP contribution < -0.4 is 14.8 Å². The number of anilines is 1. The van der Waals surface area contributed by atoms with Gasteiger partial charge in [-0.2, -0.15) is 0 Å². The van der Waals surface area contributed by atoms with Crippen LogP contribution in [0, 0.1) is 12.7 Å². The summed E-state index contributed by atoms with van der Waals surface area (Å²) in [7, 11) is 3.06. The van der Waals surface area contributed by atoms with Crippen LogP contribution in [-0.2, 0) is 0 Å². The third-order valence-electron chi connectivity index (χ3n) is 3.10. The average Bonchev–Trinajstić information content (AvgIpc) is 2.47. The minimum Gasteiger partial charge on any atom is -0.493 e. The number of benzene rings is 2. The van der Waals surface area contributed by atoms with Gasteiger partial charge in [0, 0.05) is 21.8 Å². The van der Waals surface area contributed by atoms with Crippen LogP contribution in [0.4, 0.5) is 10.1 Å². The highest BCUT2D eigenvalue weighted by atomic mass is 79.9. The maximum absolute atomic E-state index is 13.4. The van der Waals surface area contributed by atoms with Crippen molar-refractivity contribution in [2.24, 2.45) is 0 Å². The standard InChI is InChI=1S/C16H15BrFNO3/c1-9-4-14(21-2)15(22-3)8-13(9)19-16(20)10-5-11(17)7-12(18)6-10/h4-8H,1-3H3,(H,19,20). The van der Waals surface area contributed by atoms with Crippen LogP contribution in [0.3, 0.4) is 0 Å². The Labute approximate surface area is 136 Å². The molecule has 0 aliphatic carbocycles. The van der Waals surface area contributed by atoms with Crippen molar-refractivity contribution in [3.63, 3.8) is 0 Å². The van der Waals surface area contributed by atoms with Gasteiger partial charge in [-0.15, -0.1) is 0 Å². The summed E-state index contributed by atoms with van der Waals surface area (Å²) < 4.78 is 24.3. The fourth-order valence-corrected chi connectivity index (χ4v) is 2.46. The van der Waals surface area contributed by atoms with E-state index in [2.05, 4.69) is 21.2 Å². The number of hydrogen-bond acceptors (Lipinski definition) is 3. The van der Waals surface area contributed by atoms with Crippen LogP contribution in [-0.4, -0.2) is 20.1 Å². The fraction of sp³-hybridized carbons (Fsp3) is 0.188. The molecule has 0 radical (unpaired) electrons. The summed E-state index contributed by atoms with van der Waals surface area (Å²) in [5.41, 5.74) is 1.60. The molecule has 6 heteroatoms. The Bertz CT molecular complexity index is 699. The first-order valence-electron chi connectivity index (χ1n) is 6.44. The second-order valence-corrected chi connectivity index (χ2v) is 5.55. The van der Waals surface area contributed by atoms with Gasteiger partial charge >= 0.3 is 0 Å². The van der Waals surface area contributed by atoms with Gasteiger partial charge in [0.1, 0.15) is 5.82 Å². The molecule has 2 aromatic carbocycles. The Balaban J connectivity index is 2.31. The molecule has 0 atom stereocenters. The van der Waals surface area contributed by atoms with Crippen molar-refractivity contribution in [2.75, 3.05) is 19.5 Å². The van der Waals surface area contributed by atoms with Gasteiger partial charge in [-0.1, -0.05) is 15.9 Å². The van der Waals surface area contributed by atoms with Gasteiger partial charge in [-0.25, -0.2) is 4.39 Å². The molecule has 0 bridgehead atoms. The number of halogens is 2. The van der Waals surface area contributed by atoms with Crippen molar-refractivity contribution in [3.05, 3.63) is 51.7 Å². The number of hydrogen-bond donors (Lipinski definition) is 1. The molecule has 0 heterocycles. The van der Waals surface area contributed by atoms with Crippen molar-refractivity contribution in [1.29, 1.82) is 0 Å². The van der Waals surface area contributed by atoms with Crippen molar-refractivity contribution in [2.45, 2.75) is 6.92 Å². The Kier molecular flexibility index (Phi) is 5.03. The van der Waals surface area contributed by atoms with Gasteiger partial charge in [0.25, 0.3) is 5.91 Å². The van der Waals surface area contributed by atoms with Gasteiger partial charge in [0.15, 0.2) is 11.5 Å². The van der Waals surface area contributed by atoms with Crippen LogP contribution in [0.15, 0.2) is 34.8 Å². The van der Waals surface area contributed by atoms with E-state index in [9.17, 15) is 9.18 Å². The summed E-state index contributed by atoms with van der Waals surface area (Å²) in [5.74, 6) is 0.189. The van der Waals surface area contributed by atoms with Crippen LogP contribution in [0.2, 0.25) is 0 Å². The van der Waals surface area contributed by atoms with Crippen LogP contribution in [0.1, 0.15) is 15.9 Å². The van der Waals surface area contributed by atoms with Crippen LogP contribution >= 0.6 is 15.9 Å². The second-order valence-electron chi connectivity index (χ2n) is 4.63. The number of carbonyl (C=O) groups is 1. The normalized spacial score (nSPS) is 10.2. The summed E-state index contributed by atoms with van der Waals surface area (Å²) in [4.78, 5) is 12.3. The first kappa shape index (κ1) is 16.3. The van der Waals surface area contributed by atoms with Gasteiger partial charge in [0.2, 0.25) is 0 Å². The lowest BCUT2D eigenvalue weighted by atomic mass is 10.1. The maximum Gasteiger partial charge on any atom is 0.255 e. The highest BCUT2D eigenvalue weighted by molar-refractivity contribution is 9.10. The molecular weight excluding hydrogens is 353 g/mol. The van der Waals surface area contributed by atoms with E-state index in [1.165, 1.54) is 19.2 Å². The highest BCUT2D eigenvalue weighted by Gasteiger charge is 2.13. The lowest BCUT2D eigenvalue weighted by molar-refractivity contribution is 0.102. The van der Waals surface area contributed by atoms with E-state index in [1.807, 2.05) is 6.92 Å². The lowest BCUT2D eigenvalue weighted by Crippen LogP contribution is -2.13. The van der Waals surface area contributed by atoms with E-state index in [-0.39, 0.29) is 5.56 Å². The summed E-state index contributed by atoms with van der Waals surface area (Å²) in [5, 5.41) is 2.74. The monoisotopic (exact) mass is 367 g/mol. The van der Waals surface area contributed by atoms with Crippen molar-refractivity contribution < 1.29 is 18.7 Å². The topological polar surface area (TPSA) is 47.6 Å². The van der Waals surface area contributed by atoms with E-state index < -0.39 is 11.7 Å². The largest absolute Gasteiger partial charge is 0.493 e. The molecule has 0 spiro atoms. The Morgan fingerprint density at radius 2 is 1.73 bits per heavy atom. The third-order valence-corrected chi connectivity index (χ3v) is 3.56. The molecule has 2 aromatic rings. The molecule has 0 aromatic heterocycles. The molecule has 0 aliphatic heterocycles. The van der Waals surface area contributed by atoms with E-state index >= 15 is 0 Å². The number of carbonyl (C=O) groups excluding carboxylic acids is 1. The summed E-state index contributed by atoms with van der Waals surface area (Å²) in [6, 6.07) is 7.44. The molecule has 4 nitrogen and oxygen atoms in total. The molecular formula is C16H15BrFNO3. The summed E-state index contributed by atoms with van der Waals surface area (Å²) >= 11 is 3.17. The first-order chi connectivity index (χ1) is 10.4. The van der Waals surface area contributed by atoms with E-state index in [1.54, 1.807) is 25.3 Å². The smallest absolute Gasteiger partial charge is 0.255 e. The Morgan fingerprint density at radius 3 is 2.32 bits per heavy atom. The molecule has 0 unspecified atom stereocenters. The van der Waals surface area contributed by atoms with Crippen molar-refractivity contribution in [1.82, 2.24) is 0 Å². The third kappa shape index (κ3) is 3.57. The van der Waals surface area contributed by atoms with Crippen LogP contribution in [0.25, 0.3) is 0 Å². The van der Waals surface area contributed by atoms with Gasteiger partial charge < -0.3 is 14.8 Å².